The molecule has 10 nitrogen and oxygen atoms in total. The third-order valence-electron chi connectivity index (χ3n) is 6.41. The quantitative estimate of drug-likeness (QED) is 0.214. The smallest absolute Gasteiger partial charge is 0.354 e. The first kappa shape index (κ1) is 24.8. The molecule has 2 N–H and O–H groups in total. The van der Waals surface area contributed by atoms with Gasteiger partial charge in [-0.25, -0.2) is 9.78 Å². The van der Waals surface area contributed by atoms with Crippen LogP contribution in [0.4, 0.5) is 0 Å². The van der Waals surface area contributed by atoms with E-state index in [1.54, 1.807) is 57.7 Å². The largest absolute Gasteiger partial charge is 0.507 e. The summed E-state index contributed by atoms with van der Waals surface area (Å²) in [6, 6.07) is 6.20. The number of aromatic nitrogens is 3. The summed E-state index contributed by atoms with van der Waals surface area (Å²) in [7, 11) is 2.81. The Morgan fingerprint density at radius 1 is 1.14 bits per heavy atom. The second-order valence-corrected chi connectivity index (χ2v) is 8.54. The fourth-order valence-corrected chi connectivity index (χ4v) is 4.63. The van der Waals surface area contributed by atoms with Crippen LogP contribution in [0.25, 0.3) is 5.76 Å². The molecule has 2 aromatic heterocycles. The van der Waals surface area contributed by atoms with Gasteiger partial charge in [0.05, 0.1) is 32.2 Å². The molecule has 0 bridgehead atoms. The van der Waals surface area contributed by atoms with Gasteiger partial charge in [0.25, 0.3) is 11.7 Å². The maximum absolute atomic E-state index is 13.3. The number of likely N-dealkylation sites (tertiary alicyclic amines) is 1. The maximum Gasteiger partial charge on any atom is 0.354 e. The van der Waals surface area contributed by atoms with Gasteiger partial charge in [0.1, 0.15) is 17.2 Å². The molecule has 1 saturated heterocycles. The predicted octanol–water partition coefficient (Wildman–Crippen LogP) is 3.14. The summed E-state index contributed by atoms with van der Waals surface area (Å²) in [5, 5.41) is 11.4. The van der Waals surface area contributed by atoms with E-state index in [1.807, 2.05) is 10.8 Å². The third kappa shape index (κ3) is 4.37. The topological polar surface area (TPSA) is 127 Å². The molecule has 0 saturated carbocycles. The van der Waals surface area contributed by atoms with Crippen LogP contribution in [0.1, 0.15) is 45.3 Å². The van der Waals surface area contributed by atoms with Crippen molar-refractivity contribution in [1.82, 2.24) is 19.4 Å². The molecule has 1 aliphatic rings. The number of ether oxygens (including phenoxy) is 2. The summed E-state index contributed by atoms with van der Waals surface area (Å²) in [6.45, 7) is 4.22. The minimum atomic E-state index is -0.811. The number of carbonyl (C=O) groups excluding carboxylic acids is 3. The number of imidazole rings is 1. The second kappa shape index (κ2) is 10.1. The van der Waals surface area contributed by atoms with Gasteiger partial charge >= 0.3 is 5.97 Å². The molecule has 4 rings (SSSR count). The average Bonchev–Trinajstić information content (AvgIpc) is 3.57. The van der Waals surface area contributed by atoms with Crippen LogP contribution in [0.5, 0.6) is 5.75 Å². The molecule has 1 atom stereocenters. The zero-order valence-electron chi connectivity index (χ0n) is 20.6. The van der Waals surface area contributed by atoms with Crippen LogP contribution in [0.3, 0.4) is 0 Å². The van der Waals surface area contributed by atoms with Crippen molar-refractivity contribution < 1.29 is 29.0 Å². The summed E-state index contributed by atoms with van der Waals surface area (Å²) in [5.41, 5.74) is 1.99. The number of benzene rings is 1. The first-order valence-electron chi connectivity index (χ1n) is 11.4. The SMILES string of the molecule is COC(=O)c1[nH]c(C)c(/C(O)=C2\C(=O)C(=O)N(CCCn3ccnc3)C2c2ccc(OC)cc2)c1C. The Morgan fingerprint density at radius 3 is 2.47 bits per heavy atom. The van der Waals surface area contributed by atoms with Crippen molar-refractivity contribution in [3.63, 3.8) is 0 Å². The van der Waals surface area contributed by atoms with Gasteiger partial charge in [-0.2, -0.15) is 0 Å². The third-order valence-corrected chi connectivity index (χ3v) is 6.41. The maximum atomic E-state index is 13.3. The van der Waals surface area contributed by atoms with Crippen molar-refractivity contribution in [3.05, 3.63) is 76.6 Å². The van der Waals surface area contributed by atoms with Gasteiger partial charge in [-0.15, -0.1) is 0 Å². The number of aliphatic hydroxyl groups excluding tert-OH is 1. The van der Waals surface area contributed by atoms with Crippen LogP contribution >= 0.6 is 0 Å². The number of aromatic amines is 1. The average molecular weight is 493 g/mol. The minimum absolute atomic E-state index is 0.0330. The lowest BCUT2D eigenvalue weighted by atomic mass is 9.94. The molecule has 3 heterocycles. The Balaban J connectivity index is 1.80. The molecule has 0 aliphatic carbocycles. The molecule has 1 fully saturated rings. The van der Waals surface area contributed by atoms with E-state index in [-0.39, 0.29) is 23.6 Å². The van der Waals surface area contributed by atoms with Crippen LogP contribution in [-0.4, -0.2) is 63.0 Å². The van der Waals surface area contributed by atoms with Gasteiger partial charge in [0.2, 0.25) is 0 Å². The van der Waals surface area contributed by atoms with Gasteiger partial charge in [-0.05, 0) is 43.5 Å². The van der Waals surface area contributed by atoms with Crippen LogP contribution in [0.15, 0.2) is 48.6 Å². The zero-order valence-corrected chi connectivity index (χ0v) is 20.6. The van der Waals surface area contributed by atoms with Crippen molar-refractivity contribution >= 4 is 23.4 Å². The Labute approximate surface area is 208 Å². The highest BCUT2D eigenvalue weighted by Crippen LogP contribution is 2.41. The van der Waals surface area contributed by atoms with E-state index >= 15 is 0 Å². The van der Waals surface area contributed by atoms with Crippen LogP contribution in [0, 0.1) is 13.8 Å². The van der Waals surface area contributed by atoms with E-state index in [9.17, 15) is 19.5 Å². The van der Waals surface area contributed by atoms with Gasteiger partial charge in [-0.3, -0.25) is 9.59 Å². The molecule has 1 amide bonds. The Bertz CT molecular complexity index is 1320. The van der Waals surface area contributed by atoms with Crippen molar-refractivity contribution in [2.24, 2.45) is 0 Å². The van der Waals surface area contributed by atoms with Gasteiger partial charge in [-0.1, -0.05) is 12.1 Å². The molecule has 0 radical (unpaired) electrons. The molecule has 188 valence electrons. The molecule has 36 heavy (non-hydrogen) atoms. The number of nitrogens with one attached hydrogen (secondary N) is 1. The monoisotopic (exact) mass is 492 g/mol. The molecular weight excluding hydrogens is 464 g/mol. The Kier molecular flexibility index (Phi) is 6.96. The van der Waals surface area contributed by atoms with Crippen molar-refractivity contribution in [3.8, 4) is 5.75 Å². The fourth-order valence-electron chi connectivity index (χ4n) is 4.63. The summed E-state index contributed by atoms with van der Waals surface area (Å²) >= 11 is 0. The number of hydrogen-bond acceptors (Lipinski definition) is 7. The highest BCUT2D eigenvalue weighted by atomic mass is 16.5. The molecule has 1 unspecified atom stereocenters. The molecule has 0 spiro atoms. The highest BCUT2D eigenvalue weighted by molar-refractivity contribution is 6.46. The number of aliphatic hydroxyl groups is 1. The molecule has 1 aromatic carbocycles. The first-order chi connectivity index (χ1) is 17.3. The molecule has 1 aliphatic heterocycles. The summed E-state index contributed by atoms with van der Waals surface area (Å²) in [6.07, 6.45) is 5.76. The standard InChI is InChI=1S/C26H28N4O6/c1-15-19(16(2)28-21(15)26(34)36-4)23(31)20-22(17-6-8-18(35-3)9-7-17)30(25(33)24(20)32)12-5-11-29-13-10-27-14-29/h6-10,13-14,22,28,31H,5,11-12H2,1-4H3/b23-20+. The number of H-pyrrole nitrogens is 1. The van der Waals surface area contributed by atoms with Crippen molar-refractivity contribution in [2.45, 2.75) is 32.9 Å². The summed E-state index contributed by atoms with van der Waals surface area (Å²) in [5.74, 6) is -1.79. The Morgan fingerprint density at radius 2 is 1.86 bits per heavy atom. The lowest BCUT2D eigenvalue weighted by Gasteiger charge is -2.25. The van der Waals surface area contributed by atoms with Crippen LogP contribution in [0.2, 0.25) is 0 Å². The predicted molar refractivity (Wildman–Crippen MR) is 130 cm³/mol. The number of esters is 1. The lowest BCUT2D eigenvalue weighted by Crippen LogP contribution is -2.31. The normalized spacial score (nSPS) is 17.0. The number of hydrogen-bond donors (Lipinski definition) is 2. The van der Waals surface area contributed by atoms with Gasteiger partial charge in [0, 0.05) is 36.7 Å². The zero-order chi connectivity index (χ0) is 26.0. The molecular formula is C26H28N4O6. The summed E-state index contributed by atoms with van der Waals surface area (Å²) in [4.78, 5) is 47.1. The van der Waals surface area contributed by atoms with E-state index in [4.69, 9.17) is 9.47 Å². The van der Waals surface area contributed by atoms with Gasteiger partial charge < -0.3 is 29.0 Å². The minimum Gasteiger partial charge on any atom is -0.507 e. The van der Waals surface area contributed by atoms with E-state index in [0.717, 1.165) is 0 Å². The number of carbonyl (C=O) groups is 3. The number of methoxy groups -OCH3 is 2. The second-order valence-electron chi connectivity index (χ2n) is 8.54. The lowest BCUT2D eigenvalue weighted by molar-refractivity contribution is -0.139. The number of ketones is 1. The first-order valence-corrected chi connectivity index (χ1v) is 11.4. The van der Waals surface area contributed by atoms with E-state index in [2.05, 4.69) is 9.97 Å². The number of rotatable bonds is 8. The summed E-state index contributed by atoms with van der Waals surface area (Å²) < 4.78 is 12.0. The van der Waals surface area contributed by atoms with E-state index in [1.165, 1.54) is 12.0 Å². The highest BCUT2D eigenvalue weighted by Gasteiger charge is 2.46. The Hall–Kier alpha value is -4.34. The van der Waals surface area contributed by atoms with Crippen LogP contribution in [-0.2, 0) is 20.9 Å². The van der Waals surface area contributed by atoms with Crippen LogP contribution < -0.4 is 4.74 Å². The van der Waals surface area contributed by atoms with E-state index < -0.39 is 23.7 Å². The molecule has 10 heteroatoms. The number of nitrogens with zero attached hydrogens (tertiary/aromatic N) is 3. The molecule has 3 aromatic rings. The fraction of sp³-hybridized carbons (Fsp3) is 0.308. The number of Topliss-reactive ketones (excluding diaryl/α,β-unsaturated/α-hetero) is 1. The van der Waals surface area contributed by atoms with Crippen molar-refractivity contribution in [2.75, 3.05) is 20.8 Å². The number of amides is 1. The van der Waals surface area contributed by atoms with Gasteiger partial charge in [0.15, 0.2) is 0 Å². The van der Waals surface area contributed by atoms with Crippen molar-refractivity contribution in [1.29, 1.82) is 0 Å². The van der Waals surface area contributed by atoms with E-state index in [0.29, 0.717) is 41.1 Å². The number of aryl methyl sites for hydroxylation is 2.